The van der Waals surface area contributed by atoms with Gasteiger partial charge in [0.1, 0.15) is 6.10 Å². The maximum absolute atomic E-state index is 10.7. The molecular formula is C17H16N2O. The fourth-order valence-corrected chi connectivity index (χ4v) is 2.51. The van der Waals surface area contributed by atoms with Gasteiger partial charge in [-0.3, -0.25) is 9.97 Å². The molecule has 3 heteroatoms. The second-order valence-corrected chi connectivity index (χ2v) is 5.04. The molecule has 1 N–H and O–H groups in total. The van der Waals surface area contributed by atoms with Gasteiger partial charge in [0.15, 0.2) is 0 Å². The van der Waals surface area contributed by atoms with Crippen LogP contribution in [0.25, 0.3) is 10.9 Å². The van der Waals surface area contributed by atoms with E-state index in [1.807, 2.05) is 50.2 Å². The van der Waals surface area contributed by atoms with Crippen LogP contribution in [-0.4, -0.2) is 15.1 Å². The van der Waals surface area contributed by atoms with E-state index in [1.54, 1.807) is 12.4 Å². The fraction of sp³-hybridized carbons (Fsp3) is 0.176. The smallest absolute Gasteiger partial charge is 0.123 e. The molecule has 3 nitrogen and oxygen atoms in total. The largest absolute Gasteiger partial charge is 0.382 e. The quantitative estimate of drug-likeness (QED) is 0.772. The molecule has 0 spiro atoms. The second kappa shape index (κ2) is 5.02. The number of hydrogen-bond acceptors (Lipinski definition) is 3. The van der Waals surface area contributed by atoms with Gasteiger partial charge >= 0.3 is 0 Å². The highest BCUT2D eigenvalue weighted by atomic mass is 16.3. The van der Waals surface area contributed by atoms with Crippen molar-refractivity contribution in [1.82, 2.24) is 9.97 Å². The molecule has 3 rings (SSSR count). The van der Waals surface area contributed by atoms with Gasteiger partial charge in [-0.2, -0.15) is 0 Å². The first-order chi connectivity index (χ1) is 9.66. The summed E-state index contributed by atoms with van der Waals surface area (Å²) in [7, 11) is 0. The first-order valence-corrected chi connectivity index (χ1v) is 6.61. The van der Waals surface area contributed by atoms with Gasteiger partial charge in [-0.15, -0.1) is 0 Å². The number of para-hydroxylation sites is 1. The Balaban J connectivity index is 2.15. The molecule has 0 fully saturated rings. The number of aromatic nitrogens is 2. The van der Waals surface area contributed by atoms with Crippen molar-refractivity contribution in [2.24, 2.45) is 0 Å². The lowest BCUT2D eigenvalue weighted by Crippen LogP contribution is -2.06. The lowest BCUT2D eigenvalue weighted by atomic mass is 9.99. The van der Waals surface area contributed by atoms with Crippen LogP contribution in [0, 0.1) is 13.8 Å². The summed E-state index contributed by atoms with van der Waals surface area (Å²) in [5.74, 6) is 0. The number of hydrogen-bond donors (Lipinski definition) is 1. The van der Waals surface area contributed by atoms with E-state index in [2.05, 4.69) is 9.97 Å². The van der Waals surface area contributed by atoms with E-state index in [0.29, 0.717) is 5.69 Å². The van der Waals surface area contributed by atoms with Crippen LogP contribution in [0.4, 0.5) is 0 Å². The Labute approximate surface area is 117 Å². The molecule has 1 aromatic carbocycles. The van der Waals surface area contributed by atoms with E-state index in [1.165, 1.54) is 0 Å². The van der Waals surface area contributed by atoms with Gasteiger partial charge in [-0.05, 0) is 31.0 Å². The summed E-state index contributed by atoms with van der Waals surface area (Å²) in [4.78, 5) is 8.77. The van der Waals surface area contributed by atoms with Gasteiger partial charge < -0.3 is 5.11 Å². The van der Waals surface area contributed by atoms with Crippen LogP contribution in [-0.2, 0) is 0 Å². The van der Waals surface area contributed by atoms with Crippen LogP contribution >= 0.6 is 0 Å². The van der Waals surface area contributed by atoms with E-state index in [9.17, 15) is 5.11 Å². The number of aliphatic hydroxyl groups is 1. The molecule has 20 heavy (non-hydrogen) atoms. The Morgan fingerprint density at radius 1 is 1.05 bits per heavy atom. The van der Waals surface area contributed by atoms with Crippen molar-refractivity contribution in [3.05, 3.63) is 71.2 Å². The van der Waals surface area contributed by atoms with Crippen molar-refractivity contribution in [3.8, 4) is 0 Å². The van der Waals surface area contributed by atoms with Crippen molar-refractivity contribution >= 4 is 10.9 Å². The third-order valence-corrected chi connectivity index (χ3v) is 3.47. The van der Waals surface area contributed by atoms with Gasteiger partial charge in [0.25, 0.3) is 0 Å². The summed E-state index contributed by atoms with van der Waals surface area (Å²) in [6.07, 6.45) is 2.77. The summed E-state index contributed by atoms with van der Waals surface area (Å²) in [5.41, 5.74) is 4.39. The SMILES string of the molecule is Cc1cnc(C(O)c2cccc3cccnc23)c(C)c1. The summed E-state index contributed by atoms with van der Waals surface area (Å²) < 4.78 is 0. The van der Waals surface area contributed by atoms with E-state index >= 15 is 0 Å². The molecule has 0 radical (unpaired) electrons. The van der Waals surface area contributed by atoms with Gasteiger partial charge in [-0.1, -0.05) is 30.3 Å². The van der Waals surface area contributed by atoms with Crippen LogP contribution < -0.4 is 0 Å². The number of rotatable bonds is 2. The second-order valence-electron chi connectivity index (χ2n) is 5.04. The lowest BCUT2D eigenvalue weighted by Gasteiger charge is -2.15. The van der Waals surface area contributed by atoms with E-state index in [4.69, 9.17) is 0 Å². The molecule has 0 aliphatic rings. The van der Waals surface area contributed by atoms with E-state index in [-0.39, 0.29) is 0 Å². The van der Waals surface area contributed by atoms with Crippen LogP contribution in [0.3, 0.4) is 0 Å². The van der Waals surface area contributed by atoms with Crippen LogP contribution in [0.5, 0.6) is 0 Å². The minimum absolute atomic E-state index is 0.689. The molecule has 0 amide bonds. The fourth-order valence-electron chi connectivity index (χ4n) is 2.51. The highest BCUT2D eigenvalue weighted by Crippen LogP contribution is 2.28. The molecule has 2 heterocycles. The Morgan fingerprint density at radius 2 is 1.85 bits per heavy atom. The molecule has 3 aromatic rings. The number of aliphatic hydroxyl groups excluding tert-OH is 1. The zero-order valence-corrected chi connectivity index (χ0v) is 11.5. The van der Waals surface area contributed by atoms with Gasteiger partial charge in [0.2, 0.25) is 0 Å². The Morgan fingerprint density at radius 3 is 2.65 bits per heavy atom. The number of benzene rings is 1. The normalized spacial score (nSPS) is 12.6. The average molecular weight is 264 g/mol. The summed E-state index contributed by atoms with van der Waals surface area (Å²) in [5, 5.41) is 11.7. The molecule has 0 aliphatic carbocycles. The Bertz CT molecular complexity index is 763. The predicted molar refractivity (Wildman–Crippen MR) is 79.5 cm³/mol. The number of nitrogens with zero attached hydrogens (tertiary/aromatic N) is 2. The highest BCUT2D eigenvalue weighted by Gasteiger charge is 2.17. The van der Waals surface area contributed by atoms with E-state index in [0.717, 1.165) is 27.6 Å². The van der Waals surface area contributed by atoms with Gasteiger partial charge in [-0.25, -0.2) is 0 Å². The minimum atomic E-state index is -0.755. The number of pyridine rings is 2. The molecular weight excluding hydrogens is 248 g/mol. The molecule has 1 atom stereocenters. The molecule has 0 bridgehead atoms. The maximum atomic E-state index is 10.7. The molecule has 0 aliphatic heterocycles. The molecule has 100 valence electrons. The van der Waals surface area contributed by atoms with Crippen molar-refractivity contribution in [3.63, 3.8) is 0 Å². The molecule has 0 saturated heterocycles. The summed E-state index contributed by atoms with van der Waals surface area (Å²) in [6, 6.07) is 11.8. The van der Waals surface area contributed by atoms with Gasteiger partial charge in [0.05, 0.1) is 11.2 Å². The maximum Gasteiger partial charge on any atom is 0.123 e. The average Bonchev–Trinajstić information content (AvgIpc) is 2.46. The Kier molecular flexibility index (Phi) is 3.20. The van der Waals surface area contributed by atoms with Crippen molar-refractivity contribution in [2.45, 2.75) is 20.0 Å². The first-order valence-electron chi connectivity index (χ1n) is 6.61. The van der Waals surface area contributed by atoms with Crippen molar-refractivity contribution < 1.29 is 5.11 Å². The van der Waals surface area contributed by atoms with Crippen LogP contribution in [0.2, 0.25) is 0 Å². The van der Waals surface area contributed by atoms with Crippen molar-refractivity contribution in [1.29, 1.82) is 0 Å². The third kappa shape index (κ3) is 2.17. The number of fused-ring (bicyclic) bond motifs is 1. The molecule has 1 unspecified atom stereocenters. The lowest BCUT2D eigenvalue weighted by molar-refractivity contribution is 0.216. The Hall–Kier alpha value is -2.26. The molecule has 0 saturated carbocycles. The zero-order chi connectivity index (χ0) is 14.1. The summed E-state index contributed by atoms with van der Waals surface area (Å²) in [6.45, 7) is 3.97. The van der Waals surface area contributed by atoms with Crippen LogP contribution in [0.15, 0.2) is 48.8 Å². The highest BCUT2D eigenvalue weighted by molar-refractivity contribution is 5.82. The standard InChI is InChI=1S/C17H16N2O/c1-11-9-12(2)15(19-10-11)17(20)14-7-3-5-13-6-4-8-18-16(13)14/h3-10,17,20H,1-2H3. The third-order valence-electron chi connectivity index (χ3n) is 3.47. The first kappa shape index (κ1) is 12.8. The zero-order valence-electron chi connectivity index (χ0n) is 11.5. The topological polar surface area (TPSA) is 46.0 Å². The minimum Gasteiger partial charge on any atom is -0.382 e. The van der Waals surface area contributed by atoms with Crippen LogP contribution in [0.1, 0.15) is 28.5 Å². The summed E-state index contributed by atoms with van der Waals surface area (Å²) >= 11 is 0. The van der Waals surface area contributed by atoms with E-state index < -0.39 is 6.10 Å². The predicted octanol–water partition coefficient (Wildman–Crippen LogP) is 3.33. The van der Waals surface area contributed by atoms with Crippen molar-refractivity contribution in [2.75, 3.05) is 0 Å². The molecule has 2 aromatic heterocycles. The monoisotopic (exact) mass is 264 g/mol. The van der Waals surface area contributed by atoms with Gasteiger partial charge in [0, 0.05) is 23.3 Å². The number of aryl methyl sites for hydroxylation is 2.